The second-order valence-corrected chi connectivity index (χ2v) is 6.35. The Morgan fingerprint density at radius 2 is 1.75 bits per heavy atom. The number of rotatable bonds is 12. The van der Waals surface area contributed by atoms with Crippen molar-refractivity contribution in [2.75, 3.05) is 0 Å². The van der Waals surface area contributed by atoms with E-state index in [1.807, 2.05) is 0 Å². The molecule has 20 heavy (non-hydrogen) atoms. The van der Waals surface area contributed by atoms with E-state index in [1.165, 1.54) is 44.1 Å². The summed E-state index contributed by atoms with van der Waals surface area (Å²) in [5, 5.41) is 0. The molecular formula is C20H36. The molecular weight excluding hydrogens is 240 g/mol. The Kier molecular flexibility index (Phi) is 11.5. The van der Waals surface area contributed by atoms with Gasteiger partial charge in [-0.2, -0.15) is 0 Å². The molecule has 0 aliphatic carbocycles. The summed E-state index contributed by atoms with van der Waals surface area (Å²) in [6, 6.07) is 0. The van der Waals surface area contributed by atoms with Crippen molar-refractivity contribution in [2.24, 2.45) is 11.8 Å². The molecule has 0 saturated heterocycles. The van der Waals surface area contributed by atoms with E-state index >= 15 is 0 Å². The minimum Gasteiger partial charge on any atom is -0.103 e. The summed E-state index contributed by atoms with van der Waals surface area (Å²) in [5.41, 5.74) is 3.06. The lowest BCUT2D eigenvalue weighted by Crippen LogP contribution is -1.99. The Labute approximate surface area is 128 Å². The van der Waals surface area contributed by atoms with Crippen LogP contribution in [-0.4, -0.2) is 0 Å². The first-order valence-electron chi connectivity index (χ1n) is 8.50. The second-order valence-electron chi connectivity index (χ2n) is 6.35. The van der Waals surface area contributed by atoms with Crippen LogP contribution < -0.4 is 0 Å². The van der Waals surface area contributed by atoms with E-state index in [1.54, 1.807) is 5.57 Å². The quantitative estimate of drug-likeness (QED) is 0.264. The van der Waals surface area contributed by atoms with Crippen LogP contribution in [0.15, 0.2) is 36.5 Å². The molecule has 0 aromatic carbocycles. The van der Waals surface area contributed by atoms with E-state index in [4.69, 9.17) is 0 Å². The van der Waals surface area contributed by atoms with Gasteiger partial charge in [0.2, 0.25) is 0 Å². The van der Waals surface area contributed by atoms with Crippen molar-refractivity contribution in [3.63, 3.8) is 0 Å². The summed E-state index contributed by atoms with van der Waals surface area (Å²) in [6.07, 6.45) is 14.4. The van der Waals surface area contributed by atoms with Crippen LogP contribution >= 0.6 is 0 Å². The van der Waals surface area contributed by atoms with Crippen LogP contribution in [0.4, 0.5) is 0 Å². The number of hydrogen-bond acceptors (Lipinski definition) is 0. The third-order valence-electron chi connectivity index (χ3n) is 4.12. The highest BCUT2D eigenvalue weighted by Crippen LogP contribution is 2.23. The molecule has 0 aromatic heterocycles. The third kappa shape index (κ3) is 10.1. The molecule has 0 aromatic rings. The SMILES string of the molecule is C=CCC(C)CC(=CC(C)CC)CCCCC(=C)CC. The van der Waals surface area contributed by atoms with Crippen LogP contribution in [0.25, 0.3) is 0 Å². The fourth-order valence-electron chi connectivity index (χ4n) is 2.49. The normalized spacial score (nSPS) is 14.9. The Balaban J connectivity index is 4.28. The third-order valence-corrected chi connectivity index (χ3v) is 4.12. The molecule has 2 unspecified atom stereocenters. The molecule has 0 amide bonds. The van der Waals surface area contributed by atoms with Crippen LogP contribution in [0.1, 0.15) is 79.1 Å². The summed E-state index contributed by atoms with van der Waals surface area (Å²) in [6.45, 7) is 17.1. The summed E-state index contributed by atoms with van der Waals surface area (Å²) in [7, 11) is 0. The molecule has 0 aliphatic rings. The lowest BCUT2D eigenvalue weighted by molar-refractivity contribution is 0.556. The van der Waals surface area contributed by atoms with Gasteiger partial charge in [0.1, 0.15) is 0 Å². The van der Waals surface area contributed by atoms with Gasteiger partial charge in [-0.15, -0.1) is 6.58 Å². The molecule has 0 radical (unpaired) electrons. The van der Waals surface area contributed by atoms with Crippen LogP contribution in [0.5, 0.6) is 0 Å². The number of unbranched alkanes of at least 4 members (excludes halogenated alkanes) is 1. The van der Waals surface area contributed by atoms with E-state index in [9.17, 15) is 0 Å². The molecule has 0 N–H and O–H groups in total. The van der Waals surface area contributed by atoms with Gasteiger partial charge in [-0.25, -0.2) is 0 Å². The van der Waals surface area contributed by atoms with Gasteiger partial charge >= 0.3 is 0 Å². The maximum atomic E-state index is 4.10. The lowest BCUT2D eigenvalue weighted by atomic mass is 9.91. The van der Waals surface area contributed by atoms with Crippen molar-refractivity contribution >= 4 is 0 Å². The molecule has 0 saturated carbocycles. The van der Waals surface area contributed by atoms with E-state index in [0.717, 1.165) is 18.8 Å². The smallest absolute Gasteiger partial charge is 0.0262 e. The molecule has 0 bridgehead atoms. The Bertz CT molecular complexity index is 295. The van der Waals surface area contributed by atoms with Crippen molar-refractivity contribution in [3.05, 3.63) is 36.5 Å². The highest BCUT2D eigenvalue weighted by molar-refractivity contribution is 5.05. The Morgan fingerprint density at radius 1 is 1.10 bits per heavy atom. The predicted octanol–water partition coefficient (Wildman–Crippen LogP) is 7.09. The fraction of sp³-hybridized carbons (Fsp3) is 0.700. The summed E-state index contributed by atoms with van der Waals surface area (Å²) in [4.78, 5) is 0. The molecule has 0 fully saturated rings. The lowest BCUT2D eigenvalue weighted by Gasteiger charge is -2.15. The minimum absolute atomic E-state index is 0.714. The highest BCUT2D eigenvalue weighted by atomic mass is 14.1. The van der Waals surface area contributed by atoms with Crippen molar-refractivity contribution < 1.29 is 0 Å². The summed E-state index contributed by atoms with van der Waals surface area (Å²) >= 11 is 0. The van der Waals surface area contributed by atoms with Gasteiger partial charge < -0.3 is 0 Å². The summed E-state index contributed by atoms with van der Waals surface area (Å²) < 4.78 is 0. The maximum absolute atomic E-state index is 4.10. The van der Waals surface area contributed by atoms with Gasteiger partial charge in [-0.3, -0.25) is 0 Å². The average Bonchev–Trinajstić information content (AvgIpc) is 2.42. The van der Waals surface area contributed by atoms with Crippen LogP contribution in [0.3, 0.4) is 0 Å². The first-order chi connectivity index (χ1) is 9.53. The number of allylic oxidation sites excluding steroid dienone is 4. The molecule has 0 spiro atoms. The van der Waals surface area contributed by atoms with Crippen LogP contribution in [-0.2, 0) is 0 Å². The van der Waals surface area contributed by atoms with E-state index in [0.29, 0.717) is 5.92 Å². The first-order valence-corrected chi connectivity index (χ1v) is 8.50. The van der Waals surface area contributed by atoms with E-state index in [-0.39, 0.29) is 0 Å². The zero-order valence-corrected chi connectivity index (χ0v) is 14.4. The predicted molar refractivity (Wildman–Crippen MR) is 94.0 cm³/mol. The second kappa shape index (κ2) is 12.0. The van der Waals surface area contributed by atoms with Crippen molar-refractivity contribution in [2.45, 2.75) is 79.1 Å². The zero-order valence-electron chi connectivity index (χ0n) is 14.4. The average molecular weight is 277 g/mol. The molecule has 0 nitrogen and oxygen atoms in total. The molecule has 0 heteroatoms. The highest BCUT2D eigenvalue weighted by Gasteiger charge is 2.06. The standard InChI is InChI=1S/C20H36/c1-7-12-19(6)16-20(15-18(5)9-3)14-11-10-13-17(4)8-2/h7,15,18-19H,1,4,8-14,16H2,2-3,5-6H3. The van der Waals surface area contributed by atoms with Crippen molar-refractivity contribution in [3.8, 4) is 0 Å². The molecule has 0 aliphatic heterocycles. The van der Waals surface area contributed by atoms with Gasteiger partial charge in [-0.05, 0) is 56.8 Å². The molecule has 0 heterocycles. The topological polar surface area (TPSA) is 0 Å². The van der Waals surface area contributed by atoms with E-state index < -0.39 is 0 Å². The largest absolute Gasteiger partial charge is 0.103 e. The van der Waals surface area contributed by atoms with Gasteiger partial charge in [0, 0.05) is 0 Å². The maximum Gasteiger partial charge on any atom is -0.0262 e. The van der Waals surface area contributed by atoms with Crippen molar-refractivity contribution in [1.29, 1.82) is 0 Å². The van der Waals surface area contributed by atoms with Crippen LogP contribution in [0, 0.1) is 11.8 Å². The fourth-order valence-corrected chi connectivity index (χ4v) is 2.49. The van der Waals surface area contributed by atoms with Gasteiger partial charge in [0.15, 0.2) is 0 Å². The van der Waals surface area contributed by atoms with Crippen molar-refractivity contribution in [1.82, 2.24) is 0 Å². The Morgan fingerprint density at radius 3 is 2.30 bits per heavy atom. The minimum atomic E-state index is 0.714. The van der Waals surface area contributed by atoms with E-state index in [2.05, 4.69) is 53.0 Å². The summed E-state index contributed by atoms with van der Waals surface area (Å²) in [5.74, 6) is 1.44. The van der Waals surface area contributed by atoms with Gasteiger partial charge in [-0.1, -0.05) is 64.0 Å². The Hall–Kier alpha value is -0.780. The van der Waals surface area contributed by atoms with Gasteiger partial charge in [0.25, 0.3) is 0 Å². The van der Waals surface area contributed by atoms with Crippen LogP contribution in [0.2, 0.25) is 0 Å². The molecule has 116 valence electrons. The number of hydrogen-bond donors (Lipinski definition) is 0. The van der Waals surface area contributed by atoms with Gasteiger partial charge in [0.05, 0.1) is 0 Å². The molecule has 2 atom stereocenters. The zero-order chi connectivity index (χ0) is 15.4. The first kappa shape index (κ1) is 19.2. The monoisotopic (exact) mass is 276 g/mol. The molecule has 0 rings (SSSR count).